The summed E-state index contributed by atoms with van der Waals surface area (Å²) in [6.45, 7) is 4.79. The molecule has 1 aromatic rings. The average molecular weight is 372 g/mol. The highest BCUT2D eigenvalue weighted by molar-refractivity contribution is 9.10. The molecule has 0 aliphatic carbocycles. The van der Waals surface area contributed by atoms with Crippen molar-refractivity contribution < 1.29 is 14.5 Å². The molecule has 0 aliphatic heterocycles. The summed E-state index contributed by atoms with van der Waals surface area (Å²) >= 11 is 3.16. The number of nitro groups is 1. The van der Waals surface area contributed by atoms with Crippen molar-refractivity contribution in [2.24, 2.45) is 4.99 Å². The Morgan fingerprint density at radius 3 is 2.41 bits per heavy atom. The quantitative estimate of drug-likeness (QED) is 0.266. The van der Waals surface area contributed by atoms with Gasteiger partial charge in [-0.1, -0.05) is 0 Å². The van der Waals surface area contributed by atoms with Crippen LogP contribution in [0, 0.1) is 10.1 Å². The number of aliphatic imine (C=N–C) groups is 1. The molecule has 0 spiro atoms. The Balaban J connectivity index is 3.27. The van der Waals surface area contributed by atoms with Crippen LogP contribution in [0.15, 0.2) is 27.7 Å². The van der Waals surface area contributed by atoms with Crippen LogP contribution in [-0.2, 0) is 9.53 Å². The molecule has 0 amide bonds. The Labute approximate surface area is 137 Å². The smallest absolute Gasteiger partial charge is 0.303 e. The van der Waals surface area contributed by atoms with Crippen molar-refractivity contribution in [2.45, 2.75) is 26.4 Å². The fraction of sp³-hybridized carbons (Fsp3) is 0.429. The molecule has 0 bridgehead atoms. The van der Waals surface area contributed by atoms with E-state index in [1.165, 1.54) is 19.1 Å². The highest BCUT2D eigenvalue weighted by Crippen LogP contribution is 2.30. The van der Waals surface area contributed by atoms with Crippen molar-refractivity contribution in [3.8, 4) is 0 Å². The van der Waals surface area contributed by atoms with Gasteiger partial charge in [-0.15, -0.1) is 0 Å². The van der Waals surface area contributed by atoms with Crippen LogP contribution in [0.2, 0.25) is 0 Å². The Kier molecular flexibility index (Phi) is 5.65. The standard InChI is InChI=1S/C14H18BrN3O4/c1-9(19)22-14(2,3)13(17(4)5)16-10-6-7-12(18(20)21)11(15)8-10/h6-8H,1-5H3. The predicted molar refractivity (Wildman–Crippen MR) is 87.4 cm³/mol. The topological polar surface area (TPSA) is 85.0 Å². The number of carbonyl (C=O) groups excluding carboxylic acids is 1. The van der Waals surface area contributed by atoms with Crippen LogP contribution in [0.25, 0.3) is 0 Å². The zero-order valence-corrected chi connectivity index (χ0v) is 14.7. The molecule has 0 saturated heterocycles. The summed E-state index contributed by atoms with van der Waals surface area (Å²) in [4.78, 5) is 27.8. The predicted octanol–water partition coefficient (Wildman–Crippen LogP) is 3.29. The molecule has 0 aliphatic rings. The number of halogens is 1. The SMILES string of the molecule is CC(=O)OC(C)(C)C(=Nc1ccc([N+](=O)[O-])c(Br)c1)N(C)C. The van der Waals surface area contributed by atoms with E-state index >= 15 is 0 Å². The molecule has 8 heteroatoms. The molecular formula is C14H18BrN3O4. The zero-order valence-electron chi connectivity index (χ0n) is 13.1. The average Bonchev–Trinajstić information content (AvgIpc) is 2.33. The number of amidine groups is 1. The van der Waals surface area contributed by atoms with Gasteiger partial charge in [0.2, 0.25) is 0 Å². The molecule has 0 N–H and O–H groups in total. The minimum atomic E-state index is -0.927. The van der Waals surface area contributed by atoms with Crippen molar-refractivity contribution in [2.75, 3.05) is 14.1 Å². The highest BCUT2D eigenvalue weighted by Gasteiger charge is 2.30. The maximum absolute atomic E-state index is 11.2. The van der Waals surface area contributed by atoms with Crippen LogP contribution in [0.3, 0.4) is 0 Å². The van der Waals surface area contributed by atoms with E-state index in [9.17, 15) is 14.9 Å². The minimum Gasteiger partial charge on any atom is -0.452 e. The number of nitrogens with zero attached hydrogens (tertiary/aromatic N) is 3. The summed E-state index contributed by atoms with van der Waals surface area (Å²) < 4.78 is 5.63. The third-order valence-electron chi connectivity index (χ3n) is 2.72. The molecule has 0 atom stereocenters. The number of likely N-dealkylation sites (N-methyl/N-ethyl adjacent to an activating group) is 1. The van der Waals surface area contributed by atoms with E-state index in [-0.39, 0.29) is 5.69 Å². The van der Waals surface area contributed by atoms with Gasteiger partial charge in [0.15, 0.2) is 5.60 Å². The van der Waals surface area contributed by atoms with Gasteiger partial charge in [0, 0.05) is 27.1 Å². The Morgan fingerprint density at radius 1 is 1.41 bits per heavy atom. The van der Waals surface area contributed by atoms with Crippen LogP contribution in [-0.4, -0.2) is 41.3 Å². The van der Waals surface area contributed by atoms with E-state index in [1.54, 1.807) is 38.9 Å². The normalized spacial score (nSPS) is 12.0. The lowest BCUT2D eigenvalue weighted by atomic mass is 10.1. The fourth-order valence-electron chi connectivity index (χ4n) is 2.01. The van der Waals surface area contributed by atoms with Crippen LogP contribution in [0.1, 0.15) is 20.8 Å². The number of hydrogen-bond acceptors (Lipinski definition) is 5. The maximum Gasteiger partial charge on any atom is 0.303 e. The summed E-state index contributed by atoms with van der Waals surface area (Å²) in [5, 5.41) is 10.8. The van der Waals surface area contributed by atoms with Crippen molar-refractivity contribution >= 4 is 39.1 Å². The number of rotatable bonds is 4. The van der Waals surface area contributed by atoms with Crippen molar-refractivity contribution in [3.63, 3.8) is 0 Å². The number of nitro benzene ring substituents is 1. The Bertz CT molecular complexity index is 627. The molecule has 120 valence electrons. The molecule has 0 unspecified atom stereocenters. The lowest BCUT2D eigenvalue weighted by molar-refractivity contribution is -0.385. The molecule has 0 saturated carbocycles. The molecule has 0 heterocycles. The van der Waals surface area contributed by atoms with Crippen LogP contribution < -0.4 is 0 Å². The van der Waals surface area contributed by atoms with Crippen LogP contribution in [0.4, 0.5) is 11.4 Å². The van der Waals surface area contributed by atoms with Gasteiger partial charge < -0.3 is 9.64 Å². The van der Waals surface area contributed by atoms with Gasteiger partial charge in [0.05, 0.1) is 15.1 Å². The summed E-state index contributed by atoms with van der Waals surface area (Å²) in [5.74, 6) is 0.105. The molecule has 0 radical (unpaired) electrons. The number of benzene rings is 1. The molecule has 22 heavy (non-hydrogen) atoms. The first-order valence-corrected chi connectivity index (χ1v) is 7.24. The molecule has 0 aromatic heterocycles. The first kappa shape index (κ1) is 18.1. The number of hydrogen-bond donors (Lipinski definition) is 0. The largest absolute Gasteiger partial charge is 0.452 e. The van der Waals surface area contributed by atoms with E-state index in [1.807, 2.05) is 0 Å². The van der Waals surface area contributed by atoms with Gasteiger partial charge in [-0.2, -0.15) is 0 Å². The summed E-state index contributed by atoms with van der Waals surface area (Å²) in [6.07, 6.45) is 0. The van der Waals surface area contributed by atoms with Gasteiger partial charge >= 0.3 is 5.97 Å². The first-order chi connectivity index (χ1) is 10.0. The van der Waals surface area contributed by atoms with Gasteiger partial charge in [-0.05, 0) is 41.9 Å². The van der Waals surface area contributed by atoms with E-state index < -0.39 is 16.5 Å². The van der Waals surface area contributed by atoms with Gasteiger partial charge in [-0.25, -0.2) is 4.99 Å². The van der Waals surface area contributed by atoms with E-state index in [0.29, 0.717) is 16.0 Å². The van der Waals surface area contributed by atoms with Crippen molar-refractivity contribution in [3.05, 3.63) is 32.8 Å². The Hall–Kier alpha value is -1.96. The monoisotopic (exact) mass is 371 g/mol. The third kappa shape index (κ3) is 4.52. The number of carbonyl (C=O) groups is 1. The summed E-state index contributed by atoms with van der Waals surface area (Å²) in [7, 11) is 3.56. The van der Waals surface area contributed by atoms with Crippen molar-refractivity contribution in [1.82, 2.24) is 4.90 Å². The molecule has 0 fully saturated rings. The van der Waals surface area contributed by atoms with Gasteiger partial charge in [0.25, 0.3) is 5.69 Å². The highest BCUT2D eigenvalue weighted by atomic mass is 79.9. The summed E-state index contributed by atoms with van der Waals surface area (Å²) in [6, 6.07) is 4.46. The first-order valence-electron chi connectivity index (χ1n) is 6.44. The van der Waals surface area contributed by atoms with E-state index in [4.69, 9.17) is 4.74 Å². The number of esters is 1. The molecule has 7 nitrogen and oxygen atoms in total. The van der Waals surface area contributed by atoms with Crippen LogP contribution >= 0.6 is 15.9 Å². The third-order valence-corrected chi connectivity index (χ3v) is 3.36. The minimum absolute atomic E-state index is 0.0374. The molecular weight excluding hydrogens is 354 g/mol. The second kappa shape index (κ2) is 6.87. The van der Waals surface area contributed by atoms with E-state index in [2.05, 4.69) is 20.9 Å². The Morgan fingerprint density at radius 2 is 2.00 bits per heavy atom. The van der Waals surface area contributed by atoms with Gasteiger partial charge in [-0.3, -0.25) is 14.9 Å². The maximum atomic E-state index is 11.2. The second-order valence-corrected chi connectivity index (χ2v) is 6.18. The second-order valence-electron chi connectivity index (χ2n) is 5.33. The van der Waals surface area contributed by atoms with Crippen LogP contribution in [0.5, 0.6) is 0 Å². The lowest BCUT2D eigenvalue weighted by Crippen LogP contribution is -2.44. The molecule has 1 aromatic carbocycles. The zero-order chi connectivity index (χ0) is 17.1. The fourth-order valence-corrected chi connectivity index (χ4v) is 2.53. The van der Waals surface area contributed by atoms with Gasteiger partial charge in [0.1, 0.15) is 5.84 Å². The summed E-state index contributed by atoms with van der Waals surface area (Å²) in [5.41, 5.74) is -0.449. The number of ether oxygens (including phenoxy) is 1. The molecule has 1 rings (SSSR count). The van der Waals surface area contributed by atoms with Crippen molar-refractivity contribution in [1.29, 1.82) is 0 Å². The lowest BCUT2D eigenvalue weighted by Gasteiger charge is -2.30. The van der Waals surface area contributed by atoms with E-state index in [0.717, 1.165) is 0 Å².